The van der Waals surface area contributed by atoms with Gasteiger partial charge >= 0.3 is 6.01 Å². The van der Waals surface area contributed by atoms with E-state index in [0.29, 0.717) is 19.2 Å². The minimum absolute atomic E-state index is 0.122. The van der Waals surface area contributed by atoms with Crippen LogP contribution in [0.3, 0.4) is 0 Å². The first-order chi connectivity index (χ1) is 9.19. The van der Waals surface area contributed by atoms with Crippen molar-refractivity contribution in [1.82, 2.24) is 15.0 Å². The van der Waals surface area contributed by atoms with Gasteiger partial charge in [0.15, 0.2) is 0 Å². The second-order valence-corrected chi connectivity index (χ2v) is 4.48. The molecule has 1 aromatic heterocycles. The zero-order valence-corrected chi connectivity index (χ0v) is 12.4. The van der Waals surface area contributed by atoms with Gasteiger partial charge in [0.25, 0.3) is 0 Å². The Morgan fingerprint density at radius 2 is 2.00 bits per heavy atom. The highest BCUT2D eigenvalue weighted by Gasteiger charge is 2.11. The minimum Gasteiger partial charge on any atom is -0.463 e. The summed E-state index contributed by atoms with van der Waals surface area (Å²) in [6.07, 6.45) is 2.88. The highest BCUT2D eigenvalue weighted by atomic mass is 35.5. The predicted octanol–water partition coefficient (Wildman–Crippen LogP) is 2.54. The number of nitrogens with one attached hydrogen (secondary N) is 1. The maximum absolute atomic E-state index is 5.85. The van der Waals surface area contributed by atoms with Crippen LogP contribution in [0.1, 0.15) is 33.1 Å². The van der Waals surface area contributed by atoms with Crippen molar-refractivity contribution >= 4 is 17.5 Å². The van der Waals surface area contributed by atoms with Crippen molar-refractivity contribution in [2.45, 2.75) is 39.2 Å². The lowest BCUT2D eigenvalue weighted by atomic mass is 10.2. The second kappa shape index (κ2) is 8.87. The van der Waals surface area contributed by atoms with Crippen LogP contribution in [0.15, 0.2) is 0 Å². The van der Waals surface area contributed by atoms with Crippen molar-refractivity contribution < 1.29 is 9.47 Å². The van der Waals surface area contributed by atoms with Crippen molar-refractivity contribution in [3.05, 3.63) is 5.28 Å². The fraction of sp³-hybridized carbons (Fsp3) is 0.750. The van der Waals surface area contributed by atoms with E-state index in [0.717, 1.165) is 19.3 Å². The lowest BCUT2D eigenvalue weighted by molar-refractivity contribution is 0.182. The molecule has 108 valence electrons. The van der Waals surface area contributed by atoms with Crippen LogP contribution in [0.5, 0.6) is 6.01 Å². The van der Waals surface area contributed by atoms with Crippen LogP contribution in [0.4, 0.5) is 5.95 Å². The van der Waals surface area contributed by atoms with Crippen LogP contribution >= 0.6 is 11.6 Å². The molecule has 0 aliphatic rings. The smallest absolute Gasteiger partial charge is 0.322 e. The van der Waals surface area contributed by atoms with Crippen LogP contribution in [0.25, 0.3) is 0 Å². The summed E-state index contributed by atoms with van der Waals surface area (Å²) < 4.78 is 10.5. The zero-order chi connectivity index (χ0) is 14.1. The molecule has 0 saturated carbocycles. The van der Waals surface area contributed by atoms with Gasteiger partial charge in [-0.3, -0.25) is 0 Å². The van der Waals surface area contributed by atoms with Gasteiger partial charge in [-0.15, -0.1) is 0 Å². The maximum atomic E-state index is 5.85. The predicted molar refractivity (Wildman–Crippen MR) is 74.8 cm³/mol. The molecule has 1 heterocycles. The van der Waals surface area contributed by atoms with Crippen LogP contribution in [0, 0.1) is 0 Å². The van der Waals surface area contributed by atoms with Crippen molar-refractivity contribution in [3.8, 4) is 6.01 Å². The molecule has 0 bridgehead atoms. The minimum atomic E-state index is 0.122. The third-order valence-corrected chi connectivity index (χ3v) is 2.53. The molecule has 0 radical (unpaired) electrons. The summed E-state index contributed by atoms with van der Waals surface area (Å²) in [6, 6.07) is 0.393. The fourth-order valence-corrected chi connectivity index (χ4v) is 1.74. The van der Waals surface area contributed by atoms with E-state index < -0.39 is 0 Å². The Balaban J connectivity index is 2.72. The number of anilines is 1. The summed E-state index contributed by atoms with van der Waals surface area (Å²) in [4.78, 5) is 12.1. The van der Waals surface area contributed by atoms with Crippen molar-refractivity contribution in [3.63, 3.8) is 0 Å². The molecular weight excluding hydrogens is 268 g/mol. The van der Waals surface area contributed by atoms with Crippen molar-refractivity contribution in [2.75, 3.05) is 25.6 Å². The van der Waals surface area contributed by atoms with E-state index in [1.165, 1.54) is 0 Å². The Bertz CT molecular complexity index is 373. The Hall–Kier alpha value is -1.14. The maximum Gasteiger partial charge on any atom is 0.322 e. The number of rotatable bonds is 9. The lowest BCUT2D eigenvalue weighted by Crippen LogP contribution is -2.26. The highest BCUT2D eigenvalue weighted by molar-refractivity contribution is 6.28. The molecule has 1 unspecified atom stereocenters. The molecule has 1 aromatic rings. The molecule has 0 spiro atoms. The summed E-state index contributed by atoms with van der Waals surface area (Å²) in [7, 11) is 1.67. The van der Waals surface area contributed by atoms with Gasteiger partial charge in [-0.2, -0.15) is 15.0 Å². The number of aromatic nitrogens is 3. The molecule has 6 nitrogen and oxygen atoms in total. The Kier molecular flexibility index (Phi) is 7.43. The van der Waals surface area contributed by atoms with Gasteiger partial charge in [0.2, 0.25) is 11.2 Å². The highest BCUT2D eigenvalue weighted by Crippen LogP contribution is 2.13. The zero-order valence-electron chi connectivity index (χ0n) is 11.6. The molecule has 0 amide bonds. The lowest BCUT2D eigenvalue weighted by Gasteiger charge is -2.17. The number of nitrogens with zero attached hydrogens (tertiary/aromatic N) is 3. The fourth-order valence-electron chi connectivity index (χ4n) is 1.58. The average Bonchev–Trinajstić information content (AvgIpc) is 2.36. The first-order valence-corrected chi connectivity index (χ1v) is 6.87. The third-order valence-electron chi connectivity index (χ3n) is 2.36. The van der Waals surface area contributed by atoms with Crippen LogP contribution in [-0.4, -0.2) is 41.3 Å². The van der Waals surface area contributed by atoms with E-state index in [9.17, 15) is 0 Å². The van der Waals surface area contributed by atoms with Crippen molar-refractivity contribution in [2.24, 2.45) is 0 Å². The van der Waals surface area contributed by atoms with Gasteiger partial charge in [0, 0.05) is 7.11 Å². The van der Waals surface area contributed by atoms with E-state index in [1.807, 2.05) is 6.92 Å². The van der Waals surface area contributed by atoms with E-state index in [1.54, 1.807) is 7.11 Å². The molecule has 0 aliphatic heterocycles. The molecule has 0 aromatic carbocycles. The third kappa shape index (κ3) is 6.02. The number of ether oxygens (including phenoxy) is 2. The molecule has 7 heteroatoms. The summed E-state index contributed by atoms with van der Waals surface area (Å²) >= 11 is 5.85. The molecule has 1 rings (SSSR count). The average molecular weight is 289 g/mol. The quantitative estimate of drug-likeness (QED) is 0.753. The molecule has 19 heavy (non-hydrogen) atoms. The monoisotopic (exact) mass is 288 g/mol. The first-order valence-electron chi connectivity index (χ1n) is 6.49. The van der Waals surface area contributed by atoms with Crippen LogP contribution in [0.2, 0.25) is 5.28 Å². The molecule has 0 aliphatic carbocycles. The summed E-state index contributed by atoms with van der Waals surface area (Å²) in [6.45, 7) is 5.26. The van der Waals surface area contributed by atoms with Gasteiger partial charge in [-0.25, -0.2) is 0 Å². The SMILES string of the molecule is CCCOc1nc(Cl)nc(NC(CCC)COC)n1. The van der Waals surface area contributed by atoms with E-state index in [-0.39, 0.29) is 17.3 Å². The summed E-state index contributed by atoms with van der Waals surface area (Å²) in [5, 5.41) is 3.31. The Morgan fingerprint density at radius 3 is 2.63 bits per heavy atom. The number of hydrogen-bond acceptors (Lipinski definition) is 6. The molecular formula is C12H21ClN4O2. The van der Waals surface area contributed by atoms with Gasteiger partial charge in [0.05, 0.1) is 19.3 Å². The molecule has 1 atom stereocenters. The topological polar surface area (TPSA) is 69.2 Å². The van der Waals surface area contributed by atoms with Crippen LogP contribution in [-0.2, 0) is 4.74 Å². The number of halogens is 1. The van der Waals surface area contributed by atoms with E-state index in [2.05, 4.69) is 27.2 Å². The molecule has 0 saturated heterocycles. The Morgan fingerprint density at radius 1 is 1.21 bits per heavy atom. The van der Waals surface area contributed by atoms with Gasteiger partial charge in [-0.1, -0.05) is 20.3 Å². The number of methoxy groups -OCH3 is 1. The van der Waals surface area contributed by atoms with E-state index in [4.69, 9.17) is 21.1 Å². The summed E-state index contributed by atoms with van der Waals surface area (Å²) in [5.41, 5.74) is 0. The van der Waals surface area contributed by atoms with Gasteiger partial charge < -0.3 is 14.8 Å². The normalized spacial score (nSPS) is 12.2. The van der Waals surface area contributed by atoms with Gasteiger partial charge in [-0.05, 0) is 24.4 Å². The second-order valence-electron chi connectivity index (χ2n) is 4.14. The number of hydrogen-bond donors (Lipinski definition) is 1. The Labute approximate surface area is 118 Å². The first kappa shape index (κ1) is 15.9. The van der Waals surface area contributed by atoms with Crippen molar-refractivity contribution in [1.29, 1.82) is 0 Å². The summed E-state index contributed by atoms with van der Waals surface area (Å²) in [5.74, 6) is 0.418. The standard InChI is InChI=1S/C12H21ClN4O2/c1-4-6-9(8-18-3)14-11-15-10(13)16-12(17-11)19-7-5-2/h9H,4-8H2,1-3H3,(H,14,15,16,17). The van der Waals surface area contributed by atoms with E-state index >= 15 is 0 Å². The molecule has 1 N–H and O–H groups in total. The largest absolute Gasteiger partial charge is 0.463 e. The molecule has 0 fully saturated rings. The van der Waals surface area contributed by atoms with Gasteiger partial charge in [0.1, 0.15) is 0 Å². The van der Waals surface area contributed by atoms with Crippen LogP contribution < -0.4 is 10.1 Å².